The zero-order valence-corrected chi connectivity index (χ0v) is 11.9. The maximum Gasteiger partial charge on any atom is 0.296 e. The number of aryl methyl sites for hydroxylation is 1. The molecular weight excluding hydrogens is 292 g/mol. The normalized spacial score (nSPS) is 13.6. The molecular formula is C13H10N4O3S. The van der Waals surface area contributed by atoms with E-state index in [4.69, 9.17) is 9.47 Å². The van der Waals surface area contributed by atoms with Crippen molar-refractivity contribution in [1.29, 1.82) is 0 Å². The minimum absolute atomic E-state index is 0.250. The largest absolute Gasteiger partial charge is 0.486 e. The second-order valence-corrected chi connectivity index (χ2v) is 5.51. The molecule has 1 aromatic carbocycles. The van der Waals surface area contributed by atoms with Gasteiger partial charge in [0.15, 0.2) is 11.5 Å². The van der Waals surface area contributed by atoms with Gasteiger partial charge in [0, 0.05) is 5.56 Å². The average molecular weight is 302 g/mol. The Kier molecular flexibility index (Phi) is 2.64. The van der Waals surface area contributed by atoms with Crippen LogP contribution in [-0.4, -0.2) is 33.0 Å². The Morgan fingerprint density at radius 3 is 2.86 bits per heavy atom. The number of aromatic nitrogens is 4. The van der Waals surface area contributed by atoms with Gasteiger partial charge >= 0.3 is 0 Å². The van der Waals surface area contributed by atoms with Gasteiger partial charge in [-0.3, -0.25) is 4.79 Å². The molecule has 106 valence electrons. The maximum absolute atomic E-state index is 12.0. The van der Waals surface area contributed by atoms with Crippen molar-refractivity contribution in [3.8, 4) is 22.1 Å². The van der Waals surface area contributed by atoms with Crippen molar-refractivity contribution < 1.29 is 9.47 Å². The lowest BCUT2D eigenvalue weighted by Gasteiger charge is -2.18. The lowest BCUT2D eigenvalue weighted by atomic mass is 10.2. The van der Waals surface area contributed by atoms with Crippen LogP contribution in [0, 0.1) is 6.92 Å². The first-order valence-corrected chi connectivity index (χ1v) is 7.17. The van der Waals surface area contributed by atoms with Crippen LogP contribution < -0.4 is 15.0 Å². The molecule has 0 N–H and O–H groups in total. The van der Waals surface area contributed by atoms with E-state index in [1.165, 1.54) is 15.9 Å². The molecule has 4 rings (SSSR count). The van der Waals surface area contributed by atoms with Crippen molar-refractivity contribution in [2.45, 2.75) is 6.92 Å². The highest BCUT2D eigenvalue weighted by molar-refractivity contribution is 7.19. The van der Waals surface area contributed by atoms with Gasteiger partial charge in [0.25, 0.3) is 5.56 Å². The predicted octanol–water partition coefficient (Wildman–Crippen LogP) is 1.29. The van der Waals surface area contributed by atoms with E-state index in [1.54, 1.807) is 6.92 Å². The lowest BCUT2D eigenvalue weighted by Crippen LogP contribution is -2.19. The van der Waals surface area contributed by atoms with Crippen LogP contribution in [0.25, 0.3) is 15.5 Å². The Hall–Kier alpha value is -2.48. The highest BCUT2D eigenvalue weighted by atomic mass is 32.1. The van der Waals surface area contributed by atoms with Gasteiger partial charge in [-0.25, -0.2) is 0 Å². The third-order valence-corrected chi connectivity index (χ3v) is 4.08. The molecule has 0 saturated heterocycles. The van der Waals surface area contributed by atoms with Crippen molar-refractivity contribution in [3.63, 3.8) is 0 Å². The molecule has 0 spiro atoms. The summed E-state index contributed by atoms with van der Waals surface area (Å²) in [5.41, 5.74) is 0.929. The topological polar surface area (TPSA) is 78.6 Å². The average Bonchev–Trinajstić information content (AvgIpc) is 2.95. The van der Waals surface area contributed by atoms with Gasteiger partial charge < -0.3 is 9.47 Å². The zero-order chi connectivity index (χ0) is 14.4. The first-order chi connectivity index (χ1) is 10.2. The SMILES string of the molecule is Cc1nnc2sc(-c3ccc4c(c3)OCCO4)nn2c1=O. The molecule has 0 atom stereocenters. The fraction of sp³-hybridized carbons (Fsp3) is 0.231. The summed E-state index contributed by atoms with van der Waals surface area (Å²) in [4.78, 5) is 12.4. The molecule has 0 unspecified atom stereocenters. The summed E-state index contributed by atoms with van der Waals surface area (Å²) in [6.45, 7) is 2.70. The fourth-order valence-electron chi connectivity index (χ4n) is 2.09. The first-order valence-electron chi connectivity index (χ1n) is 6.35. The monoisotopic (exact) mass is 302 g/mol. The number of fused-ring (bicyclic) bond motifs is 2. The lowest BCUT2D eigenvalue weighted by molar-refractivity contribution is 0.171. The molecule has 0 fully saturated rings. The Labute approximate surface area is 122 Å². The predicted molar refractivity (Wildman–Crippen MR) is 76.1 cm³/mol. The van der Waals surface area contributed by atoms with E-state index >= 15 is 0 Å². The summed E-state index contributed by atoms with van der Waals surface area (Å²) in [5.74, 6) is 1.41. The molecule has 8 heteroatoms. The van der Waals surface area contributed by atoms with Gasteiger partial charge in [-0.1, -0.05) is 11.3 Å². The van der Waals surface area contributed by atoms with Crippen LogP contribution in [0.3, 0.4) is 0 Å². The number of hydrogen-bond donors (Lipinski definition) is 0. The van der Waals surface area contributed by atoms with Crippen molar-refractivity contribution in [2.75, 3.05) is 13.2 Å². The van der Waals surface area contributed by atoms with Crippen LogP contribution in [0.2, 0.25) is 0 Å². The third-order valence-electron chi connectivity index (χ3n) is 3.14. The molecule has 0 saturated carbocycles. The smallest absolute Gasteiger partial charge is 0.296 e. The van der Waals surface area contributed by atoms with Crippen LogP contribution in [0.4, 0.5) is 0 Å². The summed E-state index contributed by atoms with van der Waals surface area (Å²) < 4.78 is 12.3. The molecule has 0 radical (unpaired) electrons. The molecule has 0 amide bonds. The van der Waals surface area contributed by atoms with E-state index in [9.17, 15) is 4.79 Å². The summed E-state index contributed by atoms with van der Waals surface area (Å²) in [6.07, 6.45) is 0. The van der Waals surface area contributed by atoms with Crippen molar-refractivity contribution >= 4 is 16.3 Å². The summed E-state index contributed by atoms with van der Waals surface area (Å²) >= 11 is 1.31. The summed E-state index contributed by atoms with van der Waals surface area (Å²) in [7, 11) is 0. The molecule has 21 heavy (non-hydrogen) atoms. The highest BCUT2D eigenvalue weighted by Gasteiger charge is 2.15. The van der Waals surface area contributed by atoms with Gasteiger partial charge in [0.05, 0.1) is 0 Å². The minimum atomic E-state index is -0.250. The molecule has 0 aliphatic carbocycles. The molecule has 3 aromatic rings. The Morgan fingerprint density at radius 2 is 2.00 bits per heavy atom. The van der Waals surface area contributed by atoms with Crippen LogP contribution in [-0.2, 0) is 0 Å². The Morgan fingerprint density at radius 1 is 1.19 bits per heavy atom. The van der Waals surface area contributed by atoms with Crippen molar-refractivity contribution in [1.82, 2.24) is 19.8 Å². The van der Waals surface area contributed by atoms with Crippen molar-refractivity contribution in [3.05, 3.63) is 34.2 Å². The molecule has 1 aliphatic heterocycles. The maximum atomic E-state index is 12.0. The van der Waals surface area contributed by atoms with E-state index in [2.05, 4.69) is 15.3 Å². The summed E-state index contributed by atoms with van der Waals surface area (Å²) in [6, 6.07) is 5.59. The number of hydrogen-bond acceptors (Lipinski definition) is 7. The highest BCUT2D eigenvalue weighted by Crippen LogP contribution is 2.35. The van der Waals surface area contributed by atoms with Crippen LogP contribution in [0.5, 0.6) is 11.5 Å². The number of rotatable bonds is 1. The second kappa shape index (κ2) is 4.52. The molecule has 7 nitrogen and oxygen atoms in total. The Balaban J connectivity index is 1.86. The molecule has 0 bridgehead atoms. The van der Waals surface area contributed by atoms with Crippen LogP contribution in [0.1, 0.15) is 5.69 Å². The molecule has 2 aromatic heterocycles. The quantitative estimate of drug-likeness (QED) is 0.674. The number of benzene rings is 1. The molecule has 3 heterocycles. The fourth-order valence-corrected chi connectivity index (χ4v) is 2.92. The second-order valence-electron chi connectivity index (χ2n) is 4.55. The number of ether oxygens (including phenoxy) is 2. The first kappa shape index (κ1) is 12.3. The van der Waals surface area contributed by atoms with Crippen LogP contribution in [0.15, 0.2) is 23.0 Å². The van der Waals surface area contributed by atoms with E-state index in [0.29, 0.717) is 34.6 Å². The summed E-state index contributed by atoms with van der Waals surface area (Å²) in [5, 5.41) is 12.8. The van der Waals surface area contributed by atoms with Gasteiger partial charge in [0.2, 0.25) is 4.96 Å². The Bertz CT molecular complexity index is 902. The van der Waals surface area contributed by atoms with Gasteiger partial charge in [-0.05, 0) is 25.1 Å². The van der Waals surface area contributed by atoms with E-state index < -0.39 is 0 Å². The van der Waals surface area contributed by atoms with Gasteiger partial charge in [-0.2, -0.15) is 9.61 Å². The molecule has 1 aliphatic rings. The van der Waals surface area contributed by atoms with Crippen LogP contribution >= 0.6 is 11.3 Å². The third kappa shape index (κ3) is 1.95. The van der Waals surface area contributed by atoms with Gasteiger partial charge in [-0.15, -0.1) is 10.2 Å². The standard InChI is InChI=1S/C13H10N4O3S/c1-7-12(18)17-13(15-14-7)21-11(16-17)8-2-3-9-10(6-8)20-5-4-19-9/h2-3,6H,4-5H2,1H3. The van der Waals surface area contributed by atoms with E-state index in [0.717, 1.165) is 11.3 Å². The zero-order valence-electron chi connectivity index (χ0n) is 11.1. The van der Waals surface area contributed by atoms with Gasteiger partial charge in [0.1, 0.15) is 23.9 Å². The number of nitrogens with zero attached hydrogens (tertiary/aromatic N) is 4. The minimum Gasteiger partial charge on any atom is -0.486 e. The van der Waals surface area contributed by atoms with Crippen molar-refractivity contribution in [2.24, 2.45) is 0 Å². The van der Waals surface area contributed by atoms with E-state index in [1.807, 2.05) is 18.2 Å². The van der Waals surface area contributed by atoms with E-state index in [-0.39, 0.29) is 5.56 Å².